The van der Waals surface area contributed by atoms with Crippen molar-refractivity contribution in [3.63, 3.8) is 0 Å². The first-order chi connectivity index (χ1) is 8.88. The standard InChI is InChI=1S/C12H8O6S/c13-11-8-3-1-2-6-4-7(19(15,16)17)5-9(10(6)8)12(14)18-11/h1-5,12,14H,(H,15,16,17). The highest BCUT2D eigenvalue weighted by Gasteiger charge is 2.28. The van der Waals surface area contributed by atoms with Gasteiger partial charge in [0.15, 0.2) is 0 Å². The molecule has 19 heavy (non-hydrogen) atoms. The molecule has 0 saturated carbocycles. The Hall–Kier alpha value is -1.96. The highest BCUT2D eigenvalue weighted by molar-refractivity contribution is 7.85. The molecule has 1 atom stereocenters. The third-order valence-electron chi connectivity index (χ3n) is 2.98. The molecule has 98 valence electrons. The molecule has 0 saturated heterocycles. The number of hydrogen-bond acceptors (Lipinski definition) is 5. The van der Waals surface area contributed by atoms with E-state index in [4.69, 9.17) is 9.29 Å². The van der Waals surface area contributed by atoms with Crippen LogP contribution >= 0.6 is 0 Å². The van der Waals surface area contributed by atoms with Crippen LogP contribution in [0.4, 0.5) is 0 Å². The van der Waals surface area contributed by atoms with Crippen LogP contribution in [0.25, 0.3) is 10.8 Å². The normalized spacial score (nSPS) is 18.4. The van der Waals surface area contributed by atoms with Gasteiger partial charge in [-0.05, 0) is 23.6 Å². The van der Waals surface area contributed by atoms with Gasteiger partial charge in [-0.15, -0.1) is 0 Å². The Balaban J connectivity index is 2.47. The summed E-state index contributed by atoms with van der Waals surface area (Å²) in [7, 11) is -4.40. The number of ether oxygens (including phenoxy) is 1. The van der Waals surface area contributed by atoms with Gasteiger partial charge in [0.2, 0.25) is 6.29 Å². The van der Waals surface area contributed by atoms with Crippen molar-refractivity contribution >= 4 is 26.9 Å². The van der Waals surface area contributed by atoms with E-state index in [0.29, 0.717) is 10.8 Å². The lowest BCUT2D eigenvalue weighted by atomic mass is 9.97. The van der Waals surface area contributed by atoms with E-state index in [2.05, 4.69) is 0 Å². The van der Waals surface area contributed by atoms with Gasteiger partial charge in [-0.2, -0.15) is 8.42 Å². The molecule has 2 aromatic rings. The summed E-state index contributed by atoms with van der Waals surface area (Å²) >= 11 is 0. The Morgan fingerprint density at radius 3 is 2.63 bits per heavy atom. The fourth-order valence-electron chi connectivity index (χ4n) is 2.18. The van der Waals surface area contributed by atoms with Gasteiger partial charge in [0.05, 0.1) is 10.5 Å². The number of aliphatic hydroxyl groups is 1. The summed E-state index contributed by atoms with van der Waals surface area (Å²) in [6.07, 6.45) is -1.55. The van der Waals surface area contributed by atoms with Crippen LogP contribution in [0.1, 0.15) is 22.2 Å². The predicted molar refractivity (Wildman–Crippen MR) is 64.1 cm³/mol. The predicted octanol–water partition coefficient (Wildman–Crippen LogP) is 1.25. The molecular formula is C12H8O6S. The Labute approximate surface area is 108 Å². The number of benzene rings is 2. The second kappa shape index (κ2) is 3.77. The molecule has 0 radical (unpaired) electrons. The molecule has 1 aliphatic rings. The van der Waals surface area contributed by atoms with Crippen LogP contribution in [-0.4, -0.2) is 24.0 Å². The van der Waals surface area contributed by atoms with Crippen molar-refractivity contribution in [3.8, 4) is 0 Å². The van der Waals surface area contributed by atoms with Crippen molar-refractivity contribution in [2.45, 2.75) is 11.2 Å². The lowest BCUT2D eigenvalue weighted by Gasteiger charge is -2.22. The number of carbonyl (C=O) groups is 1. The second-order valence-electron chi connectivity index (χ2n) is 4.15. The molecule has 3 rings (SSSR count). The third kappa shape index (κ3) is 1.79. The van der Waals surface area contributed by atoms with Crippen LogP contribution in [0.5, 0.6) is 0 Å². The number of hydrogen-bond donors (Lipinski definition) is 2. The zero-order chi connectivity index (χ0) is 13.8. The van der Waals surface area contributed by atoms with Crippen molar-refractivity contribution in [1.29, 1.82) is 0 Å². The lowest BCUT2D eigenvalue weighted by Crippen LogP contribution is -2.18. The summed E-state index contributed by atoms with van der Waals surface area (Å²) in [5.74, 6) is -0.676. The average Bonchev–Trinajstić information content (AvgIpc) is 2.34. The molecule has 1 aliphatic heterocycles. The lowest BCUT2D eigenvalue weighted by molar-refractivity contribution is -0.0687. The van der Waals surface area contributed by atoms with Gasteiger partial charge in [0.1, 0.15) is 0 Å². The highest BCUT2D eigenvalue weighted by atomic mass is 32.2. The molecule has 0 amide bonds. The first-order valence-electron chi connectivity index (χ1n) is 5.31. The maximum absolute atomic E-state index is 11.6. The largest absolute Gasteiger partial charge is 0.428 e. The second-order valence-corrected chi connectivity index (χ2v) is 5.57. The maximum Gasteiger partial charge on any atom is 0.341 e. The summed E-state index contributed by atoms with van der Waals surface area (Å²) in [6, 6.07) is 7.00. The van der Waals surface area contributed by atoms with E-state index in [-0.39, 0.29) is 16.0 Å². The van der Waals surface area contributed by atoms with Crippen LogP contribution in [0.3, 0.4) is 0 Å². The molecule has 1 unspecified atom stereocenters. The Morgan fingerprint density at radius 1 is 1.21 bits per heavy atom. The van der Waals surface area contributed by atoms with Crippen LogP contribution in [0, 0.1) is 0 Å². The minimum atomic E-state index is -4.40. The Morgan fingerprint density at radius 2 is 1.95 bits per heavy atom. The summed E-state index contributed by atoms with van der Waals surface area (Å²) in [5.41, 5.74) is 0.389. The van der Waals surface area contributed by atoms with E-state index in [1.165, 1.54) is 12.1 Å². The van der Waals surface area contributed by atoms with Gasteiger partial charge in [0, 0.05) is 10.9 Å². The summed E-state index contributed by atoms with van der Waals surface area (Å²) in [5, 5.41) is 10.6. The van der Waals surface area contributed by atoms with Crippen molar-refractivity contribution in [3.05, 3.63) is 41.5 Å². The minimum Gasteiger partial charge on any atom is -0.428 e. The van der Waals surface area contributed by atoms with E-state index >= 15 is 0 Å². The average molecular weight is 280 g/mol. The van der Waals surface area contributed by atoms with E-state index in [1.807, 2.05) is 0 Å². The van der Waals surface area contributed by atoms with Crippen molar-refractivity contribution in [2.24, 2.45) is 0 Å². The number of rotatable bonds is 1. The maximum atomic E-state index is 11.6. The van der Waals surface area contributed by atoms with Gasteiger partial charge < -0.3 is 9.84 Å². The quantitative estimate of drug-likeness (QED) is 0.602. The fraction of sp³-hybridized carbons (Fsp3) is 0.0833. The molecule has 2 N–H and O–H groups in total. The highest BCUT2D eigenvalue weighted by Crippen LogP contribution is 2.35. The van der Waals surface area contributed by atoms with Crippen molar-refractivity contribution in [2.75, 3.05) is 0 Å². The first kappa shape index (κ1) is 12.1. The monoisotopic (exact) mass is 280 g/mol. The molecule has 6 nitrogen and oxygen atoms in total. The van der Waals surface area contributed by atoms with Gasteiger partial charge in [-0.1, -0.05) is 12.1 Å². The topological polar surface area (TPSA) is 101 Å². The molecule has 2 aromatic carbocycles. The molecule has 7 heteroatoms. The molecule has 0 aromatic heterocycles. The number of aliphatic hydroxyl groups excluding tert-OH is 1. The van der Waals surface area contributed by atoms with Crippen molar-refractivity contribution in [1.82, 2.24) is 0 Å². The molecular weight excluding hydrogens is 272 g/mol. The zero-order valence-corrected chi connectivity index (χ0v) is 10.2. The fourth-order valence-corrected chi connectivity index (χ4v) is 2.73. The SMILES string of the molecule is O=C1OC(O)c2cc(S(=O)(=O)O)cc3cccc1c23. The van der Waals surface area contributed by atoms with Crippen LogP contribution < -0.4 is 0 Å². The van der Waals surface area contributed by atoms with Crippen LogP contribution in [0.2, 0.25) is 0 Å². The zero-order valence-electron chi connectivity index (χ0n) is 9.40. The summed E-state index contributed by atoms with van der Waals surface area (Å²) in [4.78, 5) is 11.3. The minimum absolute atomic E-state index is 0.139. The number of cyclic esters (lactones) is 1. The van der Waals surface area contributed by atoms with Gasteiger partial charge >= 0.3 is 5.97 Å². The first-order valence-corrected chi connectivity index (χ1v) is 6.75. The van der Waals surface area contributed by atoms with E-state index < -0.39 is 22.4 Å². The molecule has 1 heterocycles. The van der Waals surface area contributed by atoms with E-state index in [0.717, 1.165) is 6.07 Å². The molecule has 0 aliphatic carbocycles. The van der Waals surface area contributed by atoms with E-state index in [1.54, 1.807) is 12.1 Å². The number of carbonyl (C=O) groups excluding carboxylic acids is 1. The number of esters is 1. The molecule has 0 fully saturated rings. The van der Waals surface area contributed by atoms with Gasteiger partial charge in [0.25, 0.3) is 10.1 Å². The molecule has 0 spiro atoms. The van der Waals surface area contributed by atoms with Crippen LogP contribution in [-0.2, 0) is 14.9 Å². The molecule has 0 bridgehead atoms. The third-order valence-corrected chi connectivity index (χ3v) is 3.81. The van der Waals surface area contributed by atoms with Gasteiger partial charge in [-0.3, -0.25) is 4.55 Å². The van der Waals surface area contributed by atoms with Crippen molar-refractivity contribution < 1.29 is 27.6 Å². The Kier molecular flexibility index (Phi) is 2.40. The van der Waals surface area contributed by atoms with Gasteiger partial charge in [-0.25, -0.2) is 4.79 Å². The smallest absolute Gasteiger partial charge is 0.341 e. The summed E-state index contributed by atoms with van der Waals surface area (Å²) in [6.45, 7) is 0. The van der Waals surface area contributed by atoms with E-state index in [9.17, 15) is 18.3 Å². The summed E-state index contributed by atoms with van der Waals surface area (Å²) < 4.78 is 36.2. The Bertz CT molecular complexity index is 808. The van der Waals surface area contributed by atoms with Crippen LogP contribution in [0.15, 0.2) is 35.2 Å².